The topological polar surface area (TPSA) is 18.5 Å². The second kappa shape index (κ2) is 6.91. The summed E-state index contributed by atoms with van der Waals surface area (Å²) in [4.78, 5) is 0. The van der Waals surface area contributed by atoms with Crippen LogP contribution >= 0.6 is 0 Å². The molecule has 0 bridgehead atoms. The standard InChI is InChI=1S/C21H38O2/c1-17-14-20(8,9)16-21(15-17,22-12-10-18(2,3)4)23-13-11-19(5,6)7/h10-13,17H,14-16H2,1-9H3. The van der Waals surface area contributed by atoms with Crippen LogP contribution in [-0.4, -0.2) is 5.79 Å². The van der Waals surface area contributed by atoms with Crippen LogP contribution in [0, 0.1) is 22.2 Å². The van der Waals surface area contributed by atoms with Gasteiger partial charge < -0.3 is 9.47 Å². The Morgan fingerprint density at radius 3 is 1.61 bits per heavy atom. The van der Waals surface area contributed by atoms with Gasteiger partial charge in [0.2, 0.25) is 5.79 Å². The van der Waals surface area contributed by atoms with Crippen molar-refractivity contribution in [3.63, 3.8) is 0 Å². The SMILES string of the molecule is CC1CC(C)(C)CC(OC=CC(C)(C)C)(OC=CC(C)(C)C)C1. The molecule has 0 amide bonds. The molecule has 1 aliphatic carbocycles. The fraction of sp³-hybridized carbons (Fsp3) is 0.810. The summed E-state index contributed by atoms with van der Waals surface area (Å²) in [5, 5.41) is 0. The molecule has 0 heterocycles. The molecule has 0 aromatic heterocycles. The van der Waals surface area contributed by atoms with Crippen molar-refractivity contribution in [2.24, 2.45) is 22.2 Å². The molecule has 0 N–H and O–H groups in total. The number of allylic oxidation sites excluding steroid dienone is 2. The number of hydrogen-bond donors (Lipinski definition) is 0. The zero-order valence-corrected chi connectivity index (χ0v) is 16.8. The summed E-state index contributed by atoms with van der Waals surface area (Å²) in [6.45, 7) is 20.0. The van der Waals surface area contributed by atoms with Crippen molar-refractivity contribution < 1.29 is 9.47 Å². The zero-order chi connectivity index (χ0) is 17.9. The predicted octanol–water partition coefficient (Wildman–Crippen LogP) is 6.68. The molecule has 1 saturated carbocycles. The molecule has 2 heteroatoms. The van der Waals surface area contributed by atoms with Crippen LogP contribution in [0.5, 0.6) is 0 Å². The first kappa shape index (κ1) is 20.1. The highest BCUT2D eigenvalue weighted by atomic mass is 16.7. The molecule has 1 aliphatic rings. The number of rotatable bonds is 4. The average Bonchev–Trinajstić information content (AvgIpc) is 2.21. The van der Waals surface area contributed by atoms with Gasteiger partial charge in [-0.3, -0.25) is 0 Å². The smallest absolute Gasteiger partial charge is 0.250 e. The highest BCUT2D eigenvalue weighted by molar-refractivity contribution is 4.96. The molecule has 1 atom stereocenters. The minimum atomic E-state index is -0.551. The summed E-state index contributed by atoms with van der Waals surface area (Å²) in [7, 11) is 0. The first-order valence-corrected chi connectivity index (χ1v) is 8.93. The molecule has 0 aromatic rings. The Hall–Kier alpha value is -0.920. The molecular formula is C21H38O2. The second-order valence-corrected chi connectivity index (χ2v) is 10.3. The quantitative estimate of drug-likeness (QED) is 0.424. The molecule has 0 radical (unpaired) electrons. The molecule has 1 fully saturated rings. The van der Waals surface area contributed by atoms with E-state index in [0.717, 1.165) is 12.8 Å². The van der Waals surface area contributed by atoms with Crippen molar-refractivity contribution in [1.82, 2.24) is 0 Å². The normalized spacial score (nSPS) is 29.2. The van der Waals surface area contributed by atoms with E-state index in [1.807, 2.05) is 12.5 Å². The third kappa shape index (κ3) is 7.94. The van der Waals surface area contributed by atoms with Crippen LogP contribution in [0.15, 0.2) is 24.7 Å². The Kier molecular flexibility index (Phi) is 6.04. The highest BCUT2D eigenvalue weighted by Gasteiger charge is 2.45. The van der Waals surface area contributed by atoms with Gasteiger partial charge in [-0.15, -0.1) is 0 Å². The molecule has 0 saturated heterocycles. The van der Waals surface area contributed by atoms with Crippen LogP contribution in [0.1, 0.15) is 81.6 Å². The first-order chi connectivity index (χ1) is 10.2. The van der Waals surface area contributed by atoms with E-state index in [0.29, 0.717) is 5.92 Å². The van der Waals surface area contributed by atoms with E-state index in [4.69, 9.17) is 9.47 Å². The van der Waals surface area contributed by atoms with Crippen LogP contribution in [0.25, 0.3) is 0 Å². The number of hydrogen-bond acceptors (Lipinski definition) is 2. The Morgan fingerprint density at radius 2 is 1.26 bits per heavy atom. The largest absolute Gasteiger partial charge is 0.460 e. The summed E-state index contributed by atoms with van der Waals surface area (Å²) in [6, 6.07) is 0. The van der Waals surface area contributed by atoms with E-state index >= 15 is 0 Å². The maximum atomic E-state index is 6.21. The lowest BCUT2D eigenvalue weighted by molar-refractivity contribution is -0.221. The lowest BCUT2D eigenvalue weighted by Crippen LogP contribution is -2.44. The maximum absolute atomic E-state index is 6.21. The molecule has 0 aliphatic heterocycles. The van der Waals surface area contributed by atoms with E-state index in [1.165, 1.54) is 6.42 Å². The Labute approximate surface area is 144 Å². The summed E-state index contributed by atoms with van der Waals surface area (Å²) >= 11 is 0. The van der Waals surface area contributed by atoms with Gasteiger partial charge in [0, 0.05) is 12.8 Å². The first-order valence-electron chi connectivity index (χ1n) is 8.93. The average molecular weight is 323 g/mol. The van der Waals surface area contributed by atoms with Gasteiger partial charge in [-0.2, -0.15) is 0 Å². The van der Waals surface area contributed by atoms with E-state index in [2.05, 4.69) is 74.5 Å². The van der Waals surface area contributed by atoms with Crippen molar-refractivity contribution in [1.29, 1.82) is 0 Å². The molecule has 2 nitrogen and oxygen atoms in total. The number of ether oxygens (including phenoxy) is 2. The van der Waals surface area contributed by atoms with Gasteiger partial charge >= 0.3 is 0 Å². The van der Waals surface area contributed by atoms with E-state index in [-0.39, 0.29) is 16.2 Å². The predicted molar refractivity (Wildman–Crippen MR) is 98.9 cm³/mol. The minimum Gasteiger partial charge on any atom is -0.460 e. The van der Waals surface area contributed by atoms with Crippen LogP contribution in [0.4, 0.5) is 0 Å². The molecule has 0 aromatic carbocycles. The summed E-state index contributed by atoms with van der Waals surface area (Å²) in [5.74, 6) is 0.0369. The monoisotopic (exact) mass is 322 g/mol. The Balaban J connectivity index is 2.95. The minimum absolute atomic E-state index is 0.109. The molecule has 1 rings (SSSR count). The zero-order valence-electron chi connectivity index (χ0n) is 16.8. The van der Waals surface area contributed by atoms with E-state index < -0.39 is 5.79 Å². The molecular weight excluding hydrogens is 284 g/mol. The van der Waals surface area contributed by atoms with Gasteiger partial charge in [0.05, 0.1) is 12.5 Å². The lowest BCUT2D eigenvalue weighted by atomic mass is 9.70. The fourth-order valence-corrected chi connectivity index (χ4v) is 3.35. The van der Waals surface area contributed by atoms with Gasteiger partial charge in [0.15, 0.2) is 0 Å². The van der Waals surface area contributed by atoms with Gasteiger partial charge in [0.1, 0.15) is 0 Å². The van der Waals surface area contributed by atoms with E-state index in [1.54, 1.807) is 0 Å². The highest BCUT2D eigenvalue weighted by Crippen LogP contribution is 2.46. The lowest BCUT2D eigenvalue weighted by Gasteiger charge is -2.45. The van der Waals surface area contributed by atoms with Crippen molar-refractivity contribution in [3.8, 4) is 0 Å². The molecule has 134 valence electrons. The third-order valence-electron chi connectivity index (χ3n) is 4.01. The van der Waals surface area contributed by atoms with Crippen LogP contribution in [-0.2, 0) is 9.47 Å². The summed E-state index contributed by atoms with van der Waals surface area (Å²) in [6.07, 6.45) is 11.0. The summed E-state index contributed by atoms with van der Waals surface area (Å²) < 4.78 is 12.4. The maximum Gasteiger partial charge on any atom is 0.250 e. The Bertz CT molecular complexity index is 404. The van der Waals surface area contributed by atoms with Crippen LogP contribution in [0.2, 0.25) is 0 Å². The van der Waals surface area contributed by atoms with Gasteiger partial charge in [-0.25, -0.2) is 0 Å². The molecule has 23 heavy (non-hydrogen) atoms. The van der Waals surface area contributed by atoms with Gasteiger partial charge in [-0.05, 0) is 40.7 Å². The molecule has 1 unspecified atom stereocenters. The third-order valence-corrected chi connectivity index (χ3v) is 4.01. The summed E-state index contributed by atoms with van der Waals surface area (Å²) in [5.41, 5.74) is 0.444. The van der Waals surface area contributed by atoms with Crippen molar-refractivity contribution in [2.75, 3.05) is 0 Å². The molecule has 0 spiro atoms. The van der Waals surface area contributed by atoms with E-state index in [9.17, 15) is 0 Å². The van der Waals surface area contributed by atoms with Crippen LogP contribution in [0.3, 0.4) is 0 Å². The van der Waals surface area contributed by atoms with Crippen molar-refractivity contribution in [2.45, 2.75) is 87.4 Å². The van der Waals surface area contributed by atoms with Gasteiger partial charge in [0.25, 0.3) is 0 Å². The Morgan fingerprint density at radius 1 is 0.826 bits per heavy atom. The second-order valence-electron chi connectivity index (χ2n) is 10.3. The van der Waals surface area contributed by atoms with Crippen LogP contribution < -0.4 is 0 Å². The van der Waals surface area contributed by atoms with Crippen molar-refractivity contribution >= 4 is 0 Å². The van der Waals surface area contributed by atoms with Crippen molar-refractivity contribution in [3.05, 3.63) is 24.7 Å². The van der Waals surface area contributed by atoms with Gasteiger partial charge in [-0.1, -0.05) is 62.3 Å². The fourth-order valence-electron chi connectivity index (χ4n) is 3.35.